The molecule has 0 radical (unpaired) electrons. The predicted molar refractivity (Wildman–Crippen MR) is 75.4 cm³/mol. The van der Waals surface area contributed by atoms with E-state index in [2.05, 4.69) is 31.2 Å². The Bertz CT molecular complexity index is 341. The van der Waals surface area contributed by atoms with Crippen molar-refractivity contribution in [3.05, 3.63) is 35.9 Å². The van der Waals surface area contributed by atoms with E-state index in [-0.39, 0.29) is 11.6 Å². The Labute approximate surface area is 111 Å². The molecule has 2 rings (SSSR count). The maximum atomic E-state index is 6.54. The number of hydrogen-bond donors (Lipinski definition) is 1. The van der Waals surface area contributed by atoms with Gasteiger partial charge < -0.3 is 10.5 Å². The molecule has 1 saturated carbocycles. The molecule has 2 N–H and O–H groups in total. The van der Waals surface area contributed by atoms with E-state index in [1.54, 1.807) is 0 Å². The van der Waals surface area contributed by atoms with Crippen LogP contribution in [0.5, 0.6) is 0 Å². The molecule has 0 bridgehead atoms. The van der Waals surface area contributed by atoms with Crippen LogP contribution >= 0.6 is 0 Å². The van der Waals surface area contributed by atoms with Crippen LogP contribution in [0.1, 0.15) is 57.1 Å². The highest BCUT2D eigenvalue weighted by Crippen LogP contribution is 2.39. The summed E-state index contributed by atoms with van der Waals surface area (Å²) in [6.45, 7) is 2.82. The first-order chi connectivity index (χ1) is 8.78. The van der Waals surface area contributed by atoms with Crippen molar-refractivity contribution < 1.29 is 4.74 Å². The lowest BCUT2D eigenvalue weighted by atomic mass is 9.82. The second-order valence-corrected chi connectivity index (χ2v) is 5.30. The van der Waals surface area contributed by atoms with Gasteiger partial charge in [0.2, 0.25) is 0 Å². The van der Waals surface area contributed by atoms with Crippen LogP contribution < -0.4 is 5.73 Å². The summed E-state index contributed by atoms with van der Waals surface area (Å²) in [6, 6.07) is 10.4. The Morgan fingerprint density at radius 1 is 1.11 bits per heavy atom. The molecule has 2 heteroatoms. The number of hydrogen-bond acceptors (Lipinski definition) is 2. The largest absolute Gasteiger partial charge is 0.373 e. The standard InChI is InChI=1S/C16H25NO/c1-2-18-16(12-8-3-4-9-13-16)15(17)14-10-6-5-7-11-14/h5-7,10-11,15H,2-4,8-9,12-13,17H2,1H3. The molecule has 1 aromatic rings. The quantitative estimate of drug-likeness (QED) is 0.821. The Kier molecular flexibility index (Phi) is 4.79. The Hall–Kier alpha value is -0.860. The van der Waals surface area contributed by atoms with Crippen molar-refractivity contribution in [2.75, 3.05) is 6.61 Å². The molecule has 18 heavy (non-hydrogen) atoms. The normalized spacial score (nSPS) is 21.2. The van der Waals surface area contributed by atoms with E-state index in [4.69, 9.17) is 10.5 Å². The van der Waals surface area contributed by atoms with E-state index < -0.39 is 0 Å². The molecule has 1 unspecified atom stereocenters. The SMILES string of the molecule is CCOC1(C(N)c2ccccc2)CCCCCC1. The van der Waals surface area contributed by atoms with Crippen LogP contribution in [-0.2, 0) is 4.74 Å². The zero-order valence-electron chi connectivity index (χ0n) is 11.4. The van der Waals surface area contributed by atoms with Crippen molar-refractivity contribution in [2.45, 2.75) is 57.1 Å². The van der Waals surface area contributed by atoms with Crippen molar-refractivity contribution in [1.29, 1.82) is 0 Å². The lowest BCUT2D eigenvalue weighted by Gasteiger charge is -2.38. The third-order valence-corrected chi connectivity index (χ3v) is 4.11. The molecule has 2 nitrogen and oxygen atoms in total. The second kappa shape index (κ2) is 6.35. The first-order valence-electron chi connectivity index (χ1n) is 7.23. The summed E-state index contributed by atoms with van der Waals surface area (Å²) in [7, 11) is 0. The van der Waals surface area contributed by atoms with Gasteiger partial charge in [0.05, 0.1) is 11.6 Å². The van der Waals surface area contributed by atoms with Crippen LogP contribution in [0.15, 0.2) is 30.3 Å². The molecule has 1 aliphatic carbocycles. The minimum Gasteiger partial charge on any atom is -0.373 e. The zero-order valence-corrected chi connectivity index (χ0v) is 11.4. The van der Waals surface area contributed by atoms with Gasteiger partial charge >= 0.3 is 0 Å². The number of nitrogens with two attached hydrogens (primary N) is 1. The predicted octanol–water partition coefficient (Wildman–Crippen LogP) is 3.82. The molecular formula is C16H25NO. The van der Waals surface area contributed by atoms with Crippen LogP contribution in [0, 0.1) is 0 Å². The van der Waals surface area contributed by atoms with Crippen LogP contribution in [0.3, 0.4) is 0 Å². The fourth-order valence-electron chi connectivity index (χ4n) is 3.12. The molecule has 0 heterocycles. The van der Waals surface area contributed by atoms with Gasteiger partial charge in [-0.1, -0.05) is 56.0 Å². The van der Waals surface area contributed by atoms with Gasteiger partial charge in [-0.05, 0) is 25.3 Å². The first-order valence-corrected chi connectivity index (χ1v) is 7.23. The number of ether oxygens (including phenoxy) is 1. The summed E-state index contributed by atoms with van der Waals surface area (Å²) in [5.74, 6) is 0. The van der Waals surface area contributed by atoms with Gasteiger partial charge in [0.25, 0.3) is 0 Å². The third kappa shape index (κ3) is 2.93. The average Bonchev–Trinajstić information content (AvgIpc) is 2.66. The highest BCUT2D eigenvalue weighted by atomic mass is 16.5. The van der Waals surface area contributed by atoms with Crippen molar-refractivity contribution in [2.24, 2.45) is 5.73 Å². The minimum atomic E-state index is -0.146. The van der Waals surface area contributed by atoms with Gasteiger partial charge in [-0.25, -0.2) is 0 Å². The molecule has 1 atom stereocenters. The van der Waals surface area contributed by atoms with Gasteiger partial charge in [0.1, 0.15) is 0 Å². The van der Waals surface area contributed by atoms with E-state index in [0.29, 0.717) is 0 Å². The van der Waals surface area contributed by atoms with E-state index in [1.807, 2.05) is 6.07 Å². The fourth-order valence-corrected chi connectivity index (χ4v) is 3.12. The van der Waals surface area contributed by atoms with Crippen molar-refractivity contribution in [3.8, 4) is 0 Å². The summed E-state index contributed by atoms with van der Waals surface area (Å²) < 4.78 is 6.14. The van der Waals surface area contributed by atoms with Crippen molar-refractivity contribution >= 4 is 0 Å². The van der Waals surface area contributed by atoms with E-state index >= 15 is 0 Å². The van der Waals surface area contributed by atoms with Gasteiger partial charge in [0.15, 0.2) is 0 Å². The van der Waals surface area contributed by atoms with Crippen LogP contribution in [0.25, 0.3) is 0 Å². The maximum Gasteiger partial charge on any atom is 0.0874 e. The molecular weight excluding hydrogens is 222 g/mol. The van der Waals surface area contributed by atoms with Gasteiger partial charge in [-0.15, -0.1) is 0 Å². The summed E-state index contributed by atoms with van der Waals surface area (Å²) in [5.41, 5.74) is 7.59. The molecule has 0 aliphatic heterocycles. The molecule has 1 aromatic carbocycles. The Morgan fingerprint density at radius 3 is 2.28 bits per heavy atom. The van der Waals surface area contributed by atoms with E-state index in [0.717, 1.165) is 19.4 Å². The summed E-state index contributed by atoms with van der Waals surface area (Å²) in [5, 5.41) is 0. The van der Waals surface area contributed by atoms with Gasteiger partial charge in [-0.3, -0.25) is 0 Å². The van der Waals surface area contributed by atoms with Crippen LogP contribution in [0.2, 0.25) is 0 Å². The highest BCUT2D eigenvalue weighted by Gasteiger charge is 2.38. The zero-order chi connectivity index (χ0) is 12.8. The molecule has 0 aromatic heterocycles. The number of benzene rings is 1. The molecule has 0 spiro atoms. The first kappa shape index (κ1) is 13.6. The lowest BCUT2D eigenvalue weighted by molar-refractivity contribution is -0.0695. The smallest absolute Gasteiger partial charge is 0.0874 e. The topological polar surface area (TPSA) is 35.2 Å². The monoisotopic (exact) mass is 247 g/mol. The van der Waals surface area contributed by atoms with E-state index in [9.17, 15) is 0 Å². The van der Waals surface area contributed by atoms with E-state index in [1.165, 1.54) is 31.2 Å². The van der Waals surface area contributed by atoms with Crippen molar-refractivity contribution in [1.82, 2.24) is 0 Å². The van der Waals surface area contributed by atoms with Crippen LogP contribution in [0.4, 0.5) is 0 Å². The highest BCUT2D eigenvalue weighted by molar-refractivity contribution is 5.22. The summed E-state index contributed by atoms with van der Waals surface area (Å²) in [4.78, 5) is 0. The van der Waals surface area contributed by atoms with Crippen LogP contribution in [-0.4, -0.2) is 12.2 Å². The van der Waals surface area contributed by atoms with Crippen molar-refractivity contribution in [3.63, 3.8) is 0 Å². The minimum absolute atomic E-state index is 0.00301. The number of rotatable bonds is 4. The maximum absolute atomic E-state index is 6.54. The van der Waals surface area contributed by atoms with Gasteiger partial charge in [0, 0.05) is 6.61 Å². The fraction of sp³-hybridized carbons (Fsp3) is 0.625. The molecule has 0 saturated heterocycles. The molecule has 0 amide bonds. The Balaban J connectivity index is 2.22. The Morgan fingerprint density at radius 2 is 1.72 bits per heavy atom. The summed E-state index contributed by atoms with van der Waals surface area (Å²) in [6.07, 6.45) is 7.29. The second-order valence-electron chi connectivity index (χ2n) is 5.30. The third-order valence-electron chi connectivity index (χ3n) is 4.11. The summed E-state index contributed by atoms with van der Waals surface area (Å²) >= 11 is 0. The molecule has 1 aliphatic rings. The molecule has 1 fully saturated rings. The molecule has 100 valence electrons. The van der Waals surface area contributed by atoms with Gasteiger partial charge in [-0.2, -0.15) is 0 Å². The average molecular weight is 247 g/mol. The lowest BCUT2D eigenvalue weighted by Crippen LogP contribution is -2.43.